The zero-order valence-electron chi connectivity index (χ0n) is 15.4. The fraction of sp³-hybridized carbons (Fsp3) is 0.611. The summed E-state index contributed by atoms with van der Waals surface area (Å²) >= 11 is 0. The van der Waals surface area contributed by atoms with Crippen LogP contribution in [-0.2, 0) is 21.4 Å². The summed E-state index contributed by atoms with van der Waals surface area (Å²) in [5.41, 5.74) is 0.489. The minimum atomic E-state index is -3.20. The zero-order chi connectivity index (χ0) is 19.1. The van der Waals surface area contributed by atoms with E-state index in [9.17, 15) is 13.2 Å². The smallest absolute Gasteiger partial charge is 0.238 e. The first-order valence-corrected chi connectivity index (χ1v) is 11.0. The maximum Gasteiger partial charge on any atom is 0.238 e. The van der Waals surface area contributed by atoms with Crippen molar-refractivity contribution in [3.05, 3.63) is 23.8 Å². The van der Waals surface area contributed by atoms with Gasteiger partial charge in [-0.15, -0.1) is 0 Å². The molecule has 0 atom stereocenters. The quantitative estimate of drug-likeness (QED) is 0.796. The van der Waals surface area contributed by atoms with E-state index in [0.717, 1.165) is 5.56 Å². The van der Waals surface area contributed by atoms with Crippen LogP contribution >= 0.6 is 0 Å². The highest BCUT2D eigenvalue weighted by molar-refractivity contribution is 7.89. The Bertz CT molecular complexity index is 833. The third-order valence-electron chi connectivity index (χ3n) is 5.57. The van der Waals surface area contributed by atoms with Crippen molar-refractivity contribution in [1.29, 1.82) is 0 Å². The summed E-state index contributed by atoms with van der Waals surface area (Å²) in [5, 5.41) is 3.35. The molecular weight excluding hydrogens is 370 g/mol. The van der Waals surface area contributed by atoms with Gasteiger partial charge in [0, 0.05) is 19.6 Å². The second kappa shape index (κ2) is 6.96. The molecule has 0 bridgehead atoms. The van der Waals surface area contributed by atoms with E-state index in [2.05, 4.69) is 5.32 Å². The van der Waals surface area contributed by atoms with E-state index in [1.54, 1.807) is 4.31 Å². The molecule has 148 valence electrons. The highest BCUT2D eigenvalue weighted by Gasteiger charge is 2.48. The SMILES string of the molecule is CCCS(=O)(=O)N1CCC2(CC1)NCC(=O)N2Cc1ccc2c(c1)OCO2. The van der Waals surface area contributed by atoms with Crippen molar-refractivity contribution < 1.29 is 22.7 Å². The van der Waals surface area contributed by atoms with Gasteiger partial charge in [0.2, 0.25) is 22.7 Å². The van der Waals surface area contributed by atoms with Crippen LogP contribution in [0.2, 0.25) is 0 Å². The van der Waals surface area contributed by atoms with Crippen LogP contribution in [0.1, 0.15) is 31.7 Å². The molecule has 0 radical (unpaired) electrons. The van der Waals surface area contributed by atoms with Gasteiger partial charge in [-0.2, -0.15) is 0 Å². The number of carbonyl (C=O) groups excluding carboxylic acids is 1. The normalized spacial score (nSPS) is 22.0. The number of sulfonamides is 1. The molecule has 2 saturated heterocycles. The minimum absolute atomic E-state index is 0.0394. The lowest BCUT2D eigenvalue weighted by molar-refractivity contribution is -0.132. The maximum absolute atomic E-state index is 12.5. The zero-order valence-corrected chi connectivity index (χ0v) is 16.3. The monoisotopic (exact) mass is 395 g/mol. The molecule has 0 aliphatic carbocycles. The predicted octanol–water partition coefficient (Wildman–Crippen LogP) is 0.879. The Morgan fingerprint density at radius 3 is 2.67 bits per heavy atom. The van der Waals surface area contributed by atoms with Crippen molar-refractivity contribution in [2.45, 2.75) is 38.4 Å². The van der Waals surface area contributed by atoms with Crippen LogP contribution in [0.3, 0.4) is 0 Å². The van der Waals surface area contributed by atoms with E-state index in [1.165, 1.54) is 0 Å². The molecule has 1 amide bonds. The lowest BCUT2D eigenvalue weighted by atomic mass is 9.96. The first-order chi connectivity index (χ1) is 12.9. The molecule has 1 spiro atoms. The largest absolute Gasteiger partial charge is 0.454 e. The van der Waals surface area contributed by atoms with Gasteiger partial charge in [0.1, 0.15) is 0 Å². The summed E-state index contributed by atoms with van der Waals surface area (Å²) in [6.45, 7) is 3.69. The van der Waals surface area contributed by atoms with E-state index in [0.29, 0.717) is 50.4 Å². The number of rotatable bonds is 5. The number of nitrogens with zero attached hydrogens (tertiary/aromatic N) is 2. The molecule has 3 heterocycles. The van der Waals surface area contributed by atoms with Crippen molar-refractivity contribution >= 4 is 15.9 Å². The molecular formula is C18H25N3O5S. The molecule has 1 N–H and O–H groups in total. The van der Waals surface area contributed by atoms with Crippen LogP contribution < -0.4 is 14.8 Å². The van der Waals surface area contributed by atoms with Gasteiger partial charge in [-0.25, -0.2) is 12.7 Å². The first kappa shape index (κ1) is 18.5. The number of piperidine rings is 1. The topological polar surface area (TPSA) is 88.2 Å². The van der Waals surface area contributed by atoms with Crippen molar-refractivity contribution in [3.8, 4) is 11.5 Å². The summed E-state index contributed by atoms with van der Waals surface area (Å²) in [6, 6.07) is 5.70. The van der Waals surface area contributed by atoms with Gasteiger partial charge in [0.25, 0.3) is 0 Å². The average molecular weight is 395 g/mol. The van der Waals surface area contributed by atoms with Crippen LogP contribution in [0, 0.1) is 0 Å². The van der Waals surface area contributed by atoms with Gasteiger partial charge in [0.05, 0.1) is 18.0 Å². The Kier molecular flexibility index (Phi) is 4.77. The number of hydrogen-bond acceptors (Lipinski definition) is 6. The Balaban J connectivity index is 1.49. The van der Waals surface area contributed by atoms with Gasteiger partial charge >= 0.3 is 0 Å². The number of fused-ring (bicyclic) bond motifs is 1. The third kappa shape index (κ3) is 3.39. The van der Waals surface area contributed by atoms with E-state index in [4.69, 9.17) is 9.47 Å². The van der Waals surface area contributed by atoms with E-state index >= 15 is 0 Å². The second-order valence-corrected chi connectivity index (χ2v) is 9.36. The minimum Gasteiger partial charge on any atom is -0.454 e. The average Bonchev–Trinajstić information content (AvgIpc) is 3.22. The fourth-order valence-corrected chi connectivity index (χ4v) is 5.61. The highest BCUT2D eigenvalue weighted by Crippen LogP contribution is 2.36. The van der Waals surface area contributed by atoms with Crippen LogP contribution in [0.25, 0.3) is 0 Å². The molecule has 8 nitrogen and oxygen atoms in total. The molecule has 27 heavy (non-hydrogen) atoms. The summed E-state index contributed by atoms with van der Waals surface area (Å²) in [6.07, 6.45) is 1.79. The van der Waals surface area contributed by atoms with E-state index in [-0.39, 0.29) is 25.0 Å². The summed E-state index contributed by atoms with van der Waals surface area (Å²) in [7, 11) is -3.20. The molecule has 2 fully saturated rings. The van der Waals surface area contributed by atoms with Gasteiger partial charge in [-0.3, -0.25) is 10.1 Å². The number of benzene rings is 1. The number of carbonyl (C=O) groups is 1. The first-order valence-electron chi connectivity index (χ1n) is 9.35. The van der Waals surface area contributed by atoms with Crippen molar-refractivity contribution in [1.82, 2.24) is 14.5 Å². The Morgan fingerprint density at radius 2 is 1.93 bits per heavy atom. The molecule has 9 heteroatoms. The molecule has 1 aromatic rings. The lowest BCUT2D eigenvalue weighted by Gasteiger charge is -2.44. The summed E-state index contributed by atoms with van der Waals surface area (Å²) in [4.78, 5) is 14.4. The number of hydrogen-bond donors (Lipinski definition) is 1. The molecule has 0 saturated carbocycles. The number of amides is 1. The van der Waals surface area contributed by atoms with Gasteiger partial charge < -0.3 is 14.4 Å². The van der Waals surface area contributed by atoms with E-state index in [1.807, 2.05) is 30.0 Å². The highest BCUT2D eigenvalue weighted by atomic mass is 32.2. The standard InChI is InChI=1S/C18H25N3O5S/c1-2-9-27(23,24)20-7-5-18(6-8-20)19-11-17(22)21(18)12-14-3-4-15-16(10-14)26-13-25-15/h3-4,10,19H,2,5-9,11-13H2,1H3. The maximum atomic E-state index is 12.5. The van der Waals surface area contributed by atoms with Gasteiger partial charge in [-0.05, 0) is 37.0 Å². The Morgan fingerprint density at radius 1 is 1.19 bits per heavy atom. The summed E-state index contributed by atoms with van der Waals surface area (Å²) in [5.74, 6) is 1.63. The van der Waals surface area contributed by atoms with Crippen LogP contribution in [0.5, 0.6) is 11.5 Å². The molecule has 4 rings (SSSR count). The van der Waals surface area contributed by atoms with Crippen molar-refractivity contribution in [3.63, 3.8) is 0 Å². The molecule has 0 unspecified atom stereocenters. The predicted molar refractivity (Wildman–Crippen MR) is 98.7 cm³/mol. The Hall–Kier alpha value is -1.84. The molecule has 1 aromatic carbocycles. The number of nitrogens with one attached hydrogen (secondary N) is 1. The van der Waals surface area contributed by atoms with Crippen molar-refractivity contribution in [2.24, 2.45) is 0 Å². The van der Waals surface area contributed by atoms with Crippen molar-refractivity contribution in [2.75, 3.05) is 32.2 Å². The molecule has 0 aromatic heterocycles. The lowest BCUT2D eigenvalue weighted by Crippen LogP contribution is -2.59. The van der Waals surface area contributed by atoms with Crippen LogP contribution in [-0.4, -0.2) is 61.4 Å². The molecule has 3 aliphatic heterocycles. The number of ether oxygens (including phenoxy) is 2. The fourth-order valence-electron chi connectivity index (χ4n) is 4.10. The Labute approximate surface area is 159 Å². The second-order valence-electron chi connectivity index (χ2n) is 7.27. The van der Waals surface area contributed by atoms with E-state index < -0.39 is 15.7 Å². The van der Waals surface area contributed by atoms with Crippen LogP contribution in [0.4, 0.5) is 0 Å². The van der Waals surface area contributed by atoms with Gasteiger partial charge in [-0.1, -0.05) is 13.0 Å². The molecule has 3 aliphatic rings. The summed E-state index contributed by atoms with van der Waals surface area (Å²) < 4.78 is 37.0. The van der Waals surface area contributed by atoms with Crippen LogP contribution in [0.15, 0.2) is 18.2 Å². The third-order valence-corrected chi connectivity index (χ3v) is 7.65. The van der Waals surface area contributed by atoms with Gasteiger partial charge in [0.15, 0.2) is 11.5 Å².